The average molecular weight is 342 g/mol. The van der Waals surface area contributed by atoms with E-state index in [9.17, 15) is 8.78 Å². The maximum Gasteiger partial charge on any atom is 0.256 e. The molecule has 0 saturated heterocycles. The van der Waals surface area contributed by atoms with Crippen molar-refractivity contribution in [3.8, 4) is 11.5 Å². The molecule has 1 aliphatic rings. The second-order valence-corrected chi connectivity index (χ2v) is 4.26. The molecule has 21 heavy (non-hydrogen) atoms. The molecule has 2 heterocycles. The average Bonchev–Trinajstić information content (AvgIpc) is 2.92. The molecule has 0 fully saturated rings. The maximum absolute atomic E-state index is 12.7. The van der Waals surface area contributed by atoms with Crippen molar-refractivity contribution in [3.05, 3.63) is 18.0 Å². The number of fused-ring (bicyclic) bond motifs is 2. The Balaban J connectivity index is 0.00000110. The van der Waals surface area contributed by atoms with Gasteiger partial charge in [-0.2, -0.15) is 0 Å². The Hall–Kier alpha value is -1.31. The molecule has 0 spiro atoms. The van der Waals surface area contributed by atoms with E-state index in [1.54, 1.807) is 12.1 Å². The van der Waals surface area contributed by atoms with E-state index in [-0.39, 0.29) is 31.6 Å². The zero-order valence-corrected chi connectivity index (χ0v) is 12.6. The van der Waals surface area contributed by atoms with Gasteiger partial charge in [-0.1, -0.05) is 0 Å². The van der Waals surface area contributed by atoms with E-state index in [0.29, 0.717) is 41.3 Å². The van der Waals surface area contributed by atoms with Crippen molar-refractivity contribution in [2.75, 3.05) is 13.3 Å². The van der Waals surface area contributed by atoms with Gasteiger partial charge in [0.15, 0.2) is 11.5 Å². The van der Waals surface area contributed by atoms with Crippen LogP contribution in [0.2, 0.25) is 0 Å². The third-order valence-corrected chi connectivity index (χ3v) is 3.01. The molecule has 2 aromatic rings. The lowest BCUT2D eigenvalue weighted by atomic mass is 10.2. The fourth-order valence-electron chi connectivity index (χ4n) is 2.23. The molecule has 2 N–H and O–H groups in total. The van der Waals surface area contributed by atoms with Gasteiger partial charge in [0.05, 0.1) is 17.6 Å². The molecule has 118 valence electrons. The summed E-state index contributed by atoms with van der Waals surface area (Å²) in [5, 5.41) is 0. The monoisotopic (exact) mass is 341 g/mol. The normalized spacial score (nSPS) is 12.4. The Morgan fingerprint density at radius 1 is 1.24 bits per heavy atom. The van der Waals surface area contributed by atoms with Crippen LogP contribution in [0.5, 0.6) is 11.5 Å². The van der Waals surface area contributed by atoms with Gasteiger partial charge in [0, 0.05) is 18.6 Å². The van der Waals surface area contributed by atoms with Crippen LogP contribution in [0.1, 0.15) is 5.82 Å². The topological polar surface area (TPSA) is 62.3 Å². The van der Waals surface area contributed by atoms with Crippen molar-refractivity contribution >= 4 is 35.8 Å². The van der Waals surface area contributed by atoms with Crippen LogP contribution in [0.3, 0.4) is 0 Å². The van der Waals surface area contributed by atoms with Crippen molar-refractivity contribution in [1.29, 1.82) is 0 Å². The van der Waals surface area contributed by atoms with E-state index in [1.807, 2.05) is 0 Å². The smallest absolute Gasteiger partial charge is 0.256 e. The molecule has 1 aromatic heterocycles. The summed E-state index contributed by atoms with van der Waals surface area (Å²) in [7, 11) is 0. The number of imidazole rings is 1. The van der Waals surface area contributed by atoms with Crippen LogP contribution >= 0.6 is 24.8 Å². The van der Waals surface area contributed by atoms with E-state index < -0.39 is 13.0 Å². The van der Waals surface area contributed by atoms with Crippen LogP contribution in [0, 0.1) is 0 Å². The summed E-state index contributed by atoms with van der Waals surface area (Å²) in [6, 6.07) is 3.40. The van der Waals surface area contributed by atoms with Crippen molar-refractivity contribution < 1.29 is 18.3 Å². The minimum absolute atomic E-state index is 0. The quantitative estimate of drug-likeness (QED) is 0.927. The van der Waals surface area contributed by atoms with Crippen LogP contribution in [0.25, 0.3) is 11.0 Å². The van der Waals surface area contributed by atoms with Gasteiger partial charge in [0.1, 0.15) is 5.82 Å². The first kappa shape index (κ1) is 17.7. The minimum atomic E-state index is -2.45. The molecule has 0 amide bonds. The molecule has 5 nitrogen and oxygen atoms in total. The lowest BCUT2D eigenvalue weighted by Gasteiger charge is -2.07. The first-order valence-electron chi connectivity index (χ1n) is 5.96. The number of hydrogen-bond donors (Lipinski definition) is 1. The molecule has 0 atom stereocenters. The molecule has 1 aromatic carbocycles. The predicted octanol–water partition coefficient (Wildman–Crippen LogP) is 2.37. The minimum Gasteiger partial charge on any atom is -0.454 e. The zero-order chi connectivity index (χ0) is 13.4. The molecule has 0 bridgehead atoms. The first-order valence-corrected chi connectivity index (χ1v) is 5.96. The second-order valence-electron chi connectivity index (χ2n) is 4.26. The molecule has 0 aliphatic carbocycles. The van der Waals surface area contributed by atoms with Gasteiger partial charge in [-0.05, 0) is 6.54 Å². The lowest BCUT2D eigenvalue weighted by Crippen LogP contribution is -2.13. The SMILES string of the molecule is Cl.Cl.NCCc1nc2cc3c(cc2n1CC(F)F)OCO3. The number of halogens is 4. The number of ether oxygens (including phenoxy) is 2. The third-order valence-electron chi connectivity index (χ3n) is 3.01. The zero-order valence-electron chi connectivity index (χ0n) is 10.9. The highest BCUT2D eigenvalue weighted by Gasteiger charge is 2.20. The predicted molar refractivity (Wildman–Crippen MR) is 79.1 cm³/mol. The van der Waals surface area contributed by atoms with E-state index in [2.05, 4.69) is 4.98 Å². The van der Waals surface area contributed by atoms with Crippen LogP contribution in [-0.2, 0) is 13.0 Å². The number of hydrogen-bond acceptors (Lipinski definition) is 4. The summed E-state index contributed by atoms with van der Waals surface area (Å²) in [6.45, 7) is 0.108. The van der Waals surface area contributed by atoms with Crippen LogP contribution in [-0.4, -0.2) is 29.3 Å². The summed E-state index contributed by atoms with van der Waals surface area (Å²) >= 11 is 0. The van der Waals surface area contributed by atoms with Gasteiger partial charge in [0.25, 0.3) is 6.43 Å². The van der Waals surface area contributed by atoms with Gasteiger partial charge in [-0.25, -0.2) is 13.8 Å². The molecular weight excluding hydrogens is 327 g/mol. The number of nitrogens with two attached hydrogens (primary N) is 1. The van der Waals surface area contributed by atoms with Gasteiger partial charge in [0.2, 0.25) is 6.79 Å². The Morgan fingerprint density at radius 3 is 2.52 bits per heavy atom. The number of rotatable bonds is 4. The van der Waals surface area contributed by atoms with Gasteiger partial charge >= 0.3 is 0 Å². The van der Waals surface area contributed by atoms with Crippen molar-refractivity contribution in [2.45, 2.75) is 19.4 Å². The highest BCUT2D eigenvalue weighted by atomic mass is 35.5. The summed E-state index contributed by atoms with van der Waals surface area (Å²) < 4.78 is 37.4. The maximum atomic E-state index is 12.7. The molecule has 1 aliphatic heterocycles. The number of nitrogens with zero attached hydrogens (tertiary/aromatic N) is 2. The Labute approximate surface area is 132 Å². The summed E-state index contributed by atoms with van der Waals surface area (Å²) in [5.41, 5.74) is 6.73. The van der Waals surface area contributed by atoms with E-state index >= 15 is 0 Å². The fourth-order valence-corrected chi connectivity index (χ4v) is 2.23. The first-order chi connectivity index (χ1) is 9.19. The standard InChI is InChI=1S/C12H13F2N3O2.2ClH/c13-11(14)5-17-8-4-10-9(18-6-19-10)3-7(8)16-12(17)1-2-15;;/h3-4,11H,1-2,5-6,15H2;2*1H. The lowest BCUT2D eigenvalue weighted by molar-refractivity contribution is 0.127. The number of aromatic nitrogens is 2. The Kier molecular flexibility index (Phi) is 6.00. The number of alkyl halides is 2. The third kappa shape index (κ3) is 3.30. The molecule has 3 rings (SSSR count). The van der Waals surface area contributed by atoms with Crippen LogP contribution in [0.15, 0.2) is 12.1 Å². The summed E-state index contributed by atoms with van der Waals surface area (Å²) in [5.74, 6) is 1.71. The molecule has 0 unspecified atom stereocenters. The van der Waals surface area contributed by atoms with Gasteiger partial charge in [-0.3, -0.25) is 0 Å². The van der Waals surface area contributed by atoms with Crippen LogP contribution in [0.4, 0.5) is 8.78 Å². The molecule has 9 heteroatoms. The fraction of sp³-hybridized carbons (Fsp3) is 0.417. The molecule has 0 radical (unpaired) electrons. The van der Waals surface area contributed by atoms with Gasteiger partial charge in [-0.15, -0.1) is 24.8 Å². The molecule has 0 saturated carbocycles. The van der Waals surface area contributed by atoms with Crippen molar-refractivity contribution in [2.24, 2.45) is 5.73 Å². The second kappa shape index (κ2) is 7.11. The highest BCUT2D eigenvalue weighted by Crippen LogP contribution is 2.36. The van der Waals surface area contributed by atoms with Crippen molar-refractivity contribution in [1.82, 2.24) is 9.55 Å². The van der Waals surface area contributed by atoms with Crippen LogP contribution < -0.4 is 15.2 Å². The van der Waals surface area contributed by atoms with Gasteiger partial charge < -0.3 is 19.8 Å². The summed E-state index contributed by atoms with van der Waals surface area (Å²) in [4.78, 5) is 4.35. The summed E-state index contributed by atoms with van der Waals surface area (Å²) in [6.07, 6.45) is -1.99. The van der Waals surface area contributed by atoms with Crippen molar-refractivity contribution in [3.63, 3.8) is 0 Å². The highest BCUT2D eigenvalue weighted by molar-refractivity contribution is 5.85. The Bertz CT molecular complexity index is 622. The Morgan fingerprint density at radius 2 is 1.90 bits per heavy atom. The van der Waals surface area contributed by atoms with E-state index in [0.717, 1.165) is 0 Å². The molecular formula is C12H15Cl2F2N3O2. The van der Waals surface area contributed by atoms with E-state index in [1.165, 1.54) is 4.57 Å². The van der Waals surface area contributed by atoms with E-state index in [4.69, 9.17) is 15.2 Å². The number of benzene rings is 1. The largest absolute Gasteiger partial charge is 0.454 e.